The molecule has 2 aromatic carbocycles. The molecule has 0 saturated heterocycles. The summed E-state index contributed by atoms with van der Waals surface area (Å²) in [6.45, 7) is 4.66. The van der Waals surface area contributed by atoms with Crippen LogP contribution in [0.3, 0.4) is 0 Å². The van der Waals surface area contributed by atoms with Gasteiger partial charge in [0.05, 0.1) is 25.8 Å². The molecule has 1 amide bonds. The molecular weight excluding hydrogens is 450 g/mol. The van der Waals surface area contributed by atoms with Crippen molar-refractivity contribution in [3.05, 3.63) is 60.7 Å². The third kappa shape index (κ3) is 5.78. The summed E-state index contributed by atoms with van der Waals surface area (Å²) >= 11 is 0. The monoisotopic (exact) mass is 477 g/mol. The van der Waals surface area contributed by atoms with Gasteiger partial charge in [0.15, 0.2) is 17.6 Å². The van der Waals surface area contributed by atoms with E-state index in [1.165, 1.54) is 0 Å². The summed E-state index contributed by atoms with van der Waals surface area (Å²) in [5, 5.41) is 15.7. The highest BCUT2D eigenvalue weighted by Crippen LogP contribution is 2.28. The molecule has 0 spiro atoms. The van der Waals surface area contributed by atoms with Crippen LogP contribution in [0.5, 0.6) is 23.1 Å². The number of hydrogen-bond donors (Lipinski definition) is 1. The van der Waals surface area contributed by atoms with Gasteiger partial charge in [-0.3, -0.25) is 4.79 Å². The SMILES string of the molecule is CCOc1cccc(OC(C)C(=O)NCCOc2ccc3nnc(-c4ccccc4OC)n3n2)c1. The zero-order valence-electron chi connectivity index (χ0n) is 19.8. The van der Waals surface area contributed by atoms with E-state index >= 15 is 0 Å². The van der Waals surface area contributed by atoms with Gasteiger partial charge in [-0.05, 0) is 44.2 Å². The predicted octanol–water partition coefficient (Wildman–Crippen LogP) is 3.16. The van der Waals surface area contributed by atoms with Crippen LogP contribution in [0.2, 0.25) is 0 Å². The number of carbonyl (C=O) groups excluding carboxylic acids is 1. The van der Waals surface area contributed by atoms with Gasteiger partial charge in [-0.15, -0.1) is 15.3 Å². The van der Waals surface area contributed by atoms with Crippen LogP contribution in [0.15, 0.2) is 60.7 Å². The Labute approximate surface area is 202 Å². The topological polar surface area (TPSA) is 109 Å². The molecule has 0 bridgehead atoms. The van der Waals surface area contributed by atoms with Crippen LogP contribution in [-0.4, -0.2) is 58.7 Å². The molecule has 0 aliphatic rings. The zero-order valence-corrected chi connectivity index (χ0v) is 19.8. The number of benzene rings is 2. The van der Waals surface area contributed by atoms with Crippen LogP contribution in [0, 0.1) is 0 Å². The highest BCUT2D eigenvalue weighted by atomic mass is 16.5. The fourth-order valence-electron chi connectivity index (χ4n) is 3.38. The molecule has 0 aliphatic carbocycles. The van der Waals surface area contributed by atoms with Crippen molar-refractivity contribution in [1.29, 1.82) is 0 Å². The van der Waals surface area contributed by atoms with Crippen LogP contribution in [0.1, 0.15) is 13.8 Å². The number of para-hydroxylation sites is 1. The van der Waals surface area contributed by atoms with Gasteiger partial charge in [0.25, 0.3) is 5.91 Å². The average molecular weight is 478 g/mol. The van der Waals surface area contributed by atoms with Gasteiger partial charge >= 0.3 is 0 Å². The van der Waals surface area contributed by atoms with Gasteiger partial charge in [0.1, 0.15) is 23.9 Å². The van der Waals surface area contributed by atoms with Crippen LogP contribution >= 0.6 is 0 Å². The molecule has 0 fully saturated rings. The first-order chi connectivity index (χ1) is 17.1. The van der Waals surface area contributed by atoms with Crippen molar-refractivity contribution in [3.63, 3.8) is 0 Å². The minimum absolute atomic E-state index is 0.225. The standard InChI is InChI=1S/C25H27N5O5/c1-4-33-18-8-7-9-19(16-18)35-17(2)25(31)26-14-15-34-23-13-12-22-27-28-24(30(22)29-23)20-10-5-6-11-21(20)32-3/h5-13,16-17H,4,14-15H2,1-3H3,(H,26,31). The highest BCUT2D eigenvalue weighted by Gasteiger charge is 2.16. The fourth-order valence-corrected chi connectivity index (χ4v) is 3.38. The second-order valence-corrected chi connectivity index (χ2v) is 7.47. The molecule has 4 aromatic rings. The Hall–Kier alpha value is -4.34. The summed E-state index contributed by atoms with van der Waals surface area (Å²) in [4.78, 5) is 12.4. The van der Waals surface area contributed by atoms with Gasteiger partial charge in [0.2, 0.25) is 5.88 Å². The number of fused-ring (bicyclic) bond motifs is 1. The number of methoxy groups -OCH3 is 1. The van der Waals surface area contributed by atoms with Crippen molar-refractivity contribution in [3.8, 4) is 34.5 Å². The van der Waals surface area contributed by atoms with Gasteiger partial charge in [-0.1, -0.05) is 18.2 Å². The average Bonchev–Trinajstić information content (AvgIpc) is 3.30. The molecule has 2 aromatic heterocycles. The number of amides is 1. The number of rotatable bonds is 11. The summed E-state index contributed by atoms with van der Waals surface area (Å²) in [5.74, 6) is 2.58. The number of nitrogens with zero attached hydrogens (tertiary/aromatic N) is 4. The van der Waals surface area contributed by atoms with Gasteiger partial charge in [-0.25, -0.2) is 0 Å². The van der Waals surface area contributed by atoms with Gasteiger partial charge < -0.3 is 24.3 Å². The lowest BCUT2D eigenvalue weighted by atomic mass is 10.2. The molecule has 1 N–H and O–H groups in total. The van der Waals surface area contributed by atoms with Crippen LogP contribution in [0.25, 0.3) is 17.0 Å². The summed E-state index contributed by atoms with van der Waals surface area (Å²) in [5.41, 5.74) is 1.34. The lowest BCUT2D eigenvalue weighted by molar-refractivity contribution is -0.127. The Bertz CT molecular complexity index is 1290. The van der Waals surface area contributed by atoms with Crippen molar-refractivity contribution in [2.24, 2.45) is 0 Å². The van der Waals surface area contributed by atoms with E-state index in [1.54, 1.807) is 42.8 Å². The fraction of sp³-hybridized carbons (Fsp3) is 0.280. The Balaban J connectivity index is 1.32. The van der Waals surface area contributed by atoms with E-state index in [0.29, 0.717) is 41.2 Å². The number of aromatic nitrogens is 4. The first-order valence-corrected chi connectivity index (χ1v) is 11.2. The largest absolute Gasteiger partial charge is 0.496 e. The number of ether oxygens (including phenoxy) is 4. The smallest absolute Gasteiger partial charge is 0.260 e. The minimum atomic E-state index is -0.679. The molecule has 0 radical (unpaired) electrons. The second-order valence-electron chi connectivity index (χ2n) is 7.47. The molecule has 35 heavy (non-hydrogen) atoms. The minimum Gasteiger partial charge on any atom is -0.496 e. The Morgan fingerprint density at radius 2 is 1.86 bits per heavy atom. The maximum atomic E-state index is 12.4. The van der Waals surface area contributed by atoms with E-state index in [0.717, 1.165) is 5.56 Å². The van der Waals surface area contributed by atoms with E-state index < -0.39 is 6.10 Å². The summed E-state index contributed by atoms with van der Waals surface area (Å²) < 4.78 is 23.9. The molecule has 1 unspecified atom stereocenters. The van der Waals surface area contributed by atoms with Gasteiger partial charge in [0, 0.05) is 12.1 Å². The van der Waals surface area contributed by atoms with Crippen molar-refractivity contribution >= 4 is 11.6 Å². The van der Waals surface area contributed by atoms with Gasteiger partial charge in [-0.2, -0.15) is 4.52 Å². The van der Waals surface area contributed by atoms with Crippen molar-refractivity contribution < 1.29 is 23.7 Å². The maximum absolute atomic E-state index is 12.4. The third-order valence-electron chi connectivity index (χ3n) is 5.04. The Kier molecular flexibility index (Phi) is 7.61. The summed E-state index contributed by atoms with van der Waals surface area (Å²) in [6, 6.07) is 18.2. The first kappa shape index (κ1) is 23.8. The molecule has 10 heteroatoms. The molecule has 2 heterocycles. The second kappa shape index (κ2) is 11.2. The number of hydrogen-bond acceptors (Lipinski definition) is 8. The lowest BCUT2D eigenvalue weighted by Crippen LogP contribution is -2.38. The molecule has 182 valence electrons. The van der Waals surface area contributed by atoms with E-state index in [2.05, 4.69) is 20.6 Å². The van der Waals surface area contributed by atoms with E-state index in [9.17, 15) is 4.79 Å². The number of carbonyl (C=O) groups is 1. The van der Waals surface area contributed by atoms with E-state index in [-0.39, 0.29) is 19.1 Å². The molecule has 10 nitrogen and oxygen atoms in total. The molecule has 0 aliphatic heterocycles. The van der Waals surface area contributed by atoms with Crippen LogP contribution in [0.4, 0.5) is 0 Å². The zero-order chi connectivity index (χ0) is 24.6. The highest BCUT2D eigenvalue weighted by molar-refractivity contribution is 5.80. The Morgan fingerprint density at radius 3 is 2.69 bits per heavy atom. The molecule has 4 rings (SSSR count). The molecular formula is C25H27N5O5. The van der Waals surface area contributed by atoms with Crippen LogP contribution in [-0.2, 0) is 4.79 Å². The third-order valence-corrected chi connectivity index (χ3v) is 5.04. The van der Waals surface area contributed by atoms with Crippen molar-refractivity contribution in [2.75, 3.05) is 26.9 Å². The summed E-state index contributed by atoms with van der Waals surface area (Å²) in [7, 11) is 1.60. The first-order valence-electron chi connectivity index (χ1n) is 11.2. The lowest BCUT2D eigenvalue weighted by Gasteiger charge is -2.15. The van der Waals surface area contributed by atoms with Crippen molar-refractivity contribution in [2.45, 2.75) is 20.0 Å². The van der Waals surface area contributed by atoms with E-state index in [1.807, 2.05) is 43.3 Å². The van der Waals surface area contributed by atoms with Crippen LogP contribution < -0.4 is 24.3 Å². The molecule has 0 saturated carbocycles. The predicted molar refractivity (Wildman–Crippen MR) is 129 cm³/mol. The molecule has 1 atom stereocenters. The Morgan fingerprint density at radius 1 is 1.03 bits per heavy atom. The normalized spacial score (nSPS) is 11.6. The summed E-state index contributed by atoms with van der Waals surface area (Å²) in [6.07, 6.45) is -0.679. The quantitative estimate of drug-likeness (QED) is 0.328. The van der Waals surface area contributed by atoms with E-state index in [4.69, 9.17) is 18.9 Å². The maximum Gasteiger partial charge on any atom is 0.260 e. The van der Waals surface area contributed by atoms with Crippen molar-refractivity contribution in [1.82, 2.24) is 25.1 Å². The number of nitrogens with one attached hydrogen (secondary N) is 1.